The Kier molecular flexibility index (Phi) is 4.76. The molecule has 2 aromatic heterocycles. The van der Waals surface area contributed by atoms with Gasteiger partial charge in [0.05, 0.1) is 18.8 Å². The van der Waals surface area contributed by atoms with Gasteiger partial charge in [0.2, 0.25) is 5.91 Å². The van der Waals surface area contributed by atoms with Crippen molar-refractivity contribution in [2.45, 2.75) is 17.2 Å². The maximum absolute atomic E-state index is 12.2. The zero-order valence-electron chi connectivity index (χ0n) is 11.6. The van der Waals surface area contributed by atoms with Gasteiger partial charge in [0.15, 0.2) is 0 Å². The highest BCUT2D eigenvalue weighted by atomic mass is 32.2. The number of amides is 1. The molecule has 2 N–H and O–H groups in total. The van der Waals surface area contributed by atoms with Gasteiger partial charge < -0.3 is 5.32 Å². The summed E-state index contributed by atoms with van der Waals surface area (Å²) in [4.78, 5) is 11.9. The molecule has 1 unspecified atom stereocenters. The third-order valence-corrected chi connectivity index (χ3v) is 6.10. The second-order valence-electron chi connectivity index (χ2n) is 4.51. The SMILES string of the molecule is CC(NC(=O)CN(C)S(=O)(=O)c1cccs1)c1cn[nH]c1. The summed E-state index contributed by atoms with van der Waals surface area (Å²) in [5, 5.41) is 10.9. The molecule has 2 aromatic rings. The number of hydrogen-bond donors (Lipinski definition) is 2. The first-order chi connectivity index (χ1) is 9.91. The summed E-state index contributed by atoms with van der Waals surface area (Å²) >= 11 is 1.12. The Hall–Kier alpha value is -1.71. The van der Waals surface area contributed by atoms with Gasteiger partial charge in [0.25, 0.3) is 10.0 Å². The monoisotopic (exact) mass is 328 g/mol. The Bertz CT molecular complexity index is 680. The van der Waals surface area contributed by atoms with E-state index in [-0.39, 0.29) is 22.7 Å². The minimum absolute atomic E-state index is 0.223. The Balaban J connectivity index is 1.96. The number of aromatic nitrogens is 2. The average molecular weight is 328 g/mol. The van der Waals surface area contributed by atoms with Crippen molar-refractivity contribution in [1.82, 2.24) is 19.8 Å². The molecular formula is C12H16N4O3S2. The minimum atomic E-state index is -3.61. The first-order valence-electron chi connectivity index (χ1n) is 6.19. The molecule has 0 aliphatic carbocycles. The summed E-state index contributed by atoms with van der Waals surface area (Å²) in [7, 11) is -2.22. The Labute approximate surface area is 127 Å². The standard InChI is InChI=1S/C12H16N4O3S2/c1-9(10-6-13-14-7-10)15-11(17)8-16(2)21(18,19)12-4-3-5-20-12/h3-7,9H,8H2,1-2H3,(H,13,14)(H,15,17). The number of carbonyl (C=O) groups is 1. The Morgan fingerprint density at radius 2 is 2.33 bits per heavy atom. The Morgan fingerprint density at radius 1 is 1.57 bits per heavy atom. The average Bonchev–Trinajstić information content (AvgIpc) is 3.12. The fourth-order valence-electron chi connectivity index (χ4n) is 1.72. The molecule has 0 fully saturated rings. The quantitative estimate of drug-likeness (QED) is 0.826. The zero-order valence-corrected chi connectivity index (χ0v) is 13.2. The maximum Gasteiger partial charge on any atom is 0.252 e. The van der Waals surface area contributed by atoms with Gasteiger partial charge >= 0.3 is 0 Å². The van der Waals surface area contributed by atoms with Crippen LogP contribution in [0.1, 0.15) is 18.5 Å². The first kappa shape index (κ1) is 15.7. The number of likely N-dealkylation sites (N-methyl/N-ethyl adjacent to an activating group) is 1. The van der Waals surface area contributed by atoms with Gasteiger partial charge in [-0.05, 0) is 18.4 Å². The van der Waals surface area contributed by atoms with Crippen LogP contribution in [-0.2, 0) is 14.8 Å². The van der Waals surface area contributed by atoms with Gasteiger partial charge in [-0.3, -0.25) is 9.89 Å². The first-order valence-corrected chi connectivity index (χ1v) is 8.51. The van der Waals surface area contributed by atoms with E-state index in [0.717, 1.165) is 21.2 Å². The van der Waals surface area contributed by atoms with Crippen molar-refractivity contribution in [3.63, 3.8) is 0 Å². The summed E-state index contributed by atoms with van der Waals surface area (Å²) in [6.45, 7) is 1.57. The fraction of sp³-hybridized carbons (Fsp3) is 0.333. The van der Waals surface area contributed by atoms with Gasteiger partial charge in [0, 0.05) is 18.8 Å². The zero-order chi connectivity index (χ0) is 15.5. The van der Waals surface area contributed by atoms with Crippen LogP contribution in [0.25, 0.3) is 0 Å². The molecule has 9 heteroatoms. The van der Waals surface area contributed by atoms with Crippen molar-refractivity contribution in [2.24, 2.45) is 0 Å². The van der Waals surface area contributed by atoms with E-state index in [4.69, 9.17) is 0 Å². The lowest BCUT2D eigenvalue weighted by molar-refractivity contribution is -0.121. The van der Waals surface area contributed by atoms with E-state index in [1.165, 1.54) is 13.1 Å². The largest absolute Gasteiger partial charge is 0.348 e. The number of hydrogen-bond acceptors (Lipinski definition) is 5. The van der Waals surface area contributed by atoms with Crippen molar-refractivity contribution in [3.8, 4) is 0 Å². The van der Waals surface area contributed by atoms with Crippen LogP contribution in [0.2, 0.25) is 0 Å². The van der Waals surface area contributed by atoms with Crippen molar-refractivity contribution < 1.29 is 13.2 Å². The highest BCUT2D eigenvalue weighted by Gasteiger charge is 2.24. The second kappa shape index (κ2) is 6.37. The van der Waals surface area contributed by atoms with E-state index < -0.39 is 10.0 Å². The Morgan fingerprint density at radius 3 is 2.90 bits per heavy atom. The van der Waals surface area contributed by atoms with Crippen molar-refractivity contribution >= 4 is 27.3 Å². The van der Waals surface area contributed by atoms with Gasteiger partial charge in [0.1, 0.15) is 4.21 Å². The molecule has 2 rings (SSSR count). The molecule has 1 amide bonds. The molecule has 0 bridgehead atoms. The van der Waals surface area contributed by atoms with Crippen molar-refractivity contribution in [3.05, 3.63) is 35.5 Å². The van der Waals surface area contributed by atoms with Gasteiger partial charge in [-0.1, -0.05) is 6.07 Å². The van der Waals surface area contributed by atoms with E-state index in [9.17, 15) is 13.2 Å². The highest BCUT2D eigenvalue weighted by Crippen LogP contribution is 2.19. The predicted octanol–water partition coefficient (Wildman–Crippen LogP) is 0.969. The molecule has 114 valence electrons. The van der Waals surface area contributed by atoms with E-state index in [2.05, 4.69) is 15.5 Å². The third-order valence-electron chi connectivity index (χ3n) is 2.92. The molecule has 0 saturated heterocycles. The summed E-state index contributed by atoms with van der Waals surface area (Å²) in [6, 6.07) is 2.93. The summed E-state index contributed by atoms with van der Waals surface area (Å²) in [5.74, 6) is -0.369. The lowest BCUT2D eigenvalue weighted by Gasteiger charge is -2.17. The van der Waals surface area contributed by atoms with Crippen LogP contribution < -0.4 is 5.32 Å². The number of nitrogens with zero attached hydrogens (tertiary/aromatic N) is 2. The van der Waals surface area contributed by atoms with Crippen molar-refractivity contribution in [2.75, 3.05) is 13.6 Å². The molecule has 0 aliphatic heterocycles. The number of carbonyl (C=O) groups excluding carboxylic acids is 1. The van der Waals surface area contributed by atoms with Crippen LogP contribution in [0.5, 0.6) is 0 Å². The van der Waals surface area contributed by atoms with E-state index in [1.807, 2.05) is 0 Å². The molecule has 2 heterocycles. The van der Waals surface area contributed by atoms with E-state index in [0.29, 0.717) is 0 Å². The molecule has 0 saturated carbocycles. The van der Waals surface area contributed by atoms with Crippen LogP contribution >= 0.6 is 11.3 Å². The summed E-state index contributed by atoms with van der Waals surface area (Å²) in [6.07, 6.45) is 3.29. The number of H-pyrrole nitrogens is 1. The number of aromatic amines is 1. The van der Waals surface area contributed by atoms with E-state index >= 15 is 0 Å². The summed E-state index contributed by atoms with van der Waals surface area (Å²) < 4.78 is 25.6. The predicted molar refractivity (Wildman–Crippen MR) is 79.3 cm³/mol. The van der Waals surface area contributed by atoms with Gasteiger partial charge in [-0.15, -0.1) is 11.3 Å². The van der Waals surface area contributed by atoms with Crippen LogP contribution in [0.4, 0.5) is 0 Å². The number of sulfonamides is 1. The van der Waals surface area contributed by atoms with Crippen LogP contribution in [0.3, 0.4) is 0 Å². The summed E-state index contributed by atoms with van der Waals surface area (Å²) in [5.41, 5.74) is 0.826. The lowest BCUT2D eigenvalue weighted by Crippen LogP contribution is -2.39. The van der Waals surface area contributed by atoms with Gasteiger partial charge in [-0.25, -0.2) is 8.42 Å². The van der Waals surface area contributed by atoms with E-state index in [1.54, 1.807) is 30.8 Å². The highest BCUT2D eigenvalue weighted by molar-refractivity contribution is 7.91. The number of rotatable bonds is 6. The molecule has 0 radical (unpaired) electrons. The van der Waals surface area contributed by atoms with Crippen LogP contribution in [0.15, 0.2) is 34.1 Å². The molecule has 1 atom stereocenters. The minimum Gasteiger partial charge on any atom is -0.348 e. The maximum atomic E-state index is 12.2. The fourth-order valence-corrected chi connectivity index (χ4v) is 4.05. The topological polar surface area (TPSA) is 95.2 Å². The third kappa shape index (κ3) is 3.69. The number of thiophene rings is 1. The molecular weight excluding hydrogens is 312 g/mol. The second-order valence-corrected chi connectivity index (χ2v) is 7.73. The normalized spacial score (nSPS) is 13.3. The van der Waals surface area contributed by atoms with Gasteiger partial charge in [-0.2, -0.15) is 9.40 Å². The molecule has 21 heavy (non-hydrogen) atoms. The molecule has 0 aromatic carbocycles. The lowest BCUT2D eigenvalue weighted by atomic mass is 10.2. The van der Waals surface area contributed by atoms with Crippen LogP contribution in [-0.4, -0.2) is 42.4 Å². The van der Waals surface area contributed by atoms with Crippen molar-refractivity contribution in [1.29, 1.82) is 0 Å². The molecule has 0 aliphatic rings. The smallest absolute Gasteiger partial charge is 0.252 e. The number of nitrogens with one attached hydrogen (secondary N) is 2. The van der Waals surface area contributed by atoms with Crippen LogP contribution in [0, 0.1) is 0 Å². The molecule has 0 spiro atoms. The molecule has 7 nitrogen and oxygen atoms in total.